The lowest BCUT2D eigenvalue weighted by Crippen LogP contribution is -2.32. The van der Waals surface area contributed by atoms with Gasteiger partial charge in [0.25, 0.3) is 5.91 Å². The van der Waals surface area contributed by atoms with Crippen LogP contribution in [0, 0.1) is 0 Å². The standard InChI is InChI=1S/C21H26N2O3/c1-3-20(26-19-12-10-18(25-2)11-13-19)21(24)22-16-6-8-17(9-7-16)23-14-4-5-15-23/h6-13,20H,3-5,14-15H2,1-2H3,(H,22,24)/t20-/m0/s1. The first-order valence-corrected chi connectivity index (χ1v) is 9.16. The van der Waals surface area contributed by atoms with E-state index in [-0.39, 0.29) is 5.91 Å². The van der Waals surface area contributed by atoms with Crippen molar-refractivity contribution in [3.05, 3.63) is 48.5 Å². The second-order valence-corrected chi connectivity index (χ2v) is 6.42. The molecule has 26 heavy (non-hydrogen) atoms. The first-order valence-electron chi connectivity index (χ1n) is 9.16. The average molecular weight is 354 g/mol. The van der Waals surface area contributed by atoms with Crippen LogP contribution >= 0.6 is 0 Å². The van der Waals surface area contributed by atoms with Gasteiger partial charge in [0.1, 0.15) is 11.5 Å². The molecule has 1 N–H and O–H groups in total. The van der Waals surface area contributed by atoms with Crippen LogP contribution in [0.15, 0.2) is 48.5 Å². The van der Waals surface area contributed by atoms with Crippen LogP contribution in [0.1, 0.15) is 26.2 Å². The molecule has 1 aliphatic rings. The Morgan fingerprint density at radius 3 is 2.23 bits per heavy atom. The summed E-state index contributed by atoms with van der Waals surface area (Å²) >= 11 is 0. The molecule has 0 unspecified atom stereocenters. The second kappa shape index (κ2) is 8.61. The maximum Gasteiger partial charge on any atom is 0.265 e. The lowest BCUT2D eigenvalue weighted by atomic mass is 10.2. The van der Waals surface area contributed by atoms with Crippen LogP contribution in [-0.2, 0) is 4.79 Å². The van der Waals surface area contributed by atoms with E-state index in [0.717, 1.165) is 24.5 Å². The summed E-state index contributed by atoms with van der Waals surface area (Å²) in [6.45, 7) is 4.16. The first-order chi connectivity index (χ1) is 12.7. The molecule has 1 heterocycles. The highest BCUT2D eigenvalue weighted by atomic mass is 16.5. The average Bonchev–Trinajstić information content (AvgIpc) is 3.22. The SMILES string of the molecule is CC[C@H](Oc1ccc(OC)cc1)C(=O)Nc1ccc(N2CCCC2)cc1. The Balaban J connectivity index is 1.59. The summed E-state index contributed by atoms with van der Waals surface area (Å²) in [5.74, 6) is 1.27. The van der Waals surface area contributed by atoms with Crippen LogP contribution in [-0.4, -0.2) is 32.2 Å². The Kier molecular flexibility index (Phi) is 6.00. The van der Waals surface area contributed by atoms with Gasteiger partial charge in [0.05, 0.1) is 7.11 Å². The lowest BCUT2D eigenvalue weighted by Gasteiger charge is -2.19. The Morgan fingerprint density at radius 1 is 1.04 bits per heavy atom. The molecule has 5 heteroatoms. The summed E-state index contributed by atoms with van der Waals surface area (Å²) in [4.78, 5) is 14.9. The van der Waals surface area contributed by atoms with Crippen molar-refractivity contribution in [3.8, 4) is 11.5 Å². The number of carbonyl (C=O) groups excluding carboxylic acids is 1. The third-order valence-electron chi connectivity index (χ3n) is 4.61. The number of ether oxygens (including phenoxy) is 2. The molecule has 0 bridgehead atoms. The van der Waals surface area contributed by atoms with Crippen molar-refractivity contribution in [1.29, 1.82) is 0 Å². The van der Waals surface area contributed by atoms with E-state index in [1.165, 1.54) is 18.5 Å². The van der Waals surface area contributed by atoms with Gasteiger partial charge in [-0.25, -0.2) is 0 Å². The fraction of sp³-hybridized carbons (Fsp3) is 0.381. The number of carbonyl (C=O) groups is 1. The summed E-state index contributed by atoms with van der Waals surface area (Å²) in [5.41, 5.74) is 2.00. The second-order valence-electron chi connectivity index (χ2n) is 6.42. The Hall–Kier alpha value is -2.69. The number of methoxy groups -OCH3 is 1. The van der Waals surface area contributed by atoms with Gasteiger partial charge in [0.2, 0.25) is 0 Å². The predicted molar refractivity (Wildman–Crippen MR) is 104 cm³/mol. The van der Waals surface area contributed by atoms with Crippen LogP contribution in [0.3, 0.4) is 0 Å². The monoisotopic (exact) mass is 354 g/mol. The highest BCUT2D eigenvalue weighted by Crippen LogP contribution is 2.23. The summed E-state index contributed by atoms with van der Waals surface area (Å²) in [6, 6.07) is 15.3. The Bertz CT molecular complexity index is 707. The zero-order valence-electron chi connectivity index (χ0n) is 15.4. The van der Waals surface area contributed by atoms with E-state index < -0.39 is 6.10 Å². The van der Waals surface area contributed by atoms with Crippen molar-refractivity contribution in [3.63, 3.8) is 0 Å². The number of nitrogens with zero attached hydrogens (tertiary/aromatic N) is 1. The zero-order chi connectivity index (χ0) is 18.4. The van der Waals surface area contributed by atoms with Gasteiger partial charge in [-0.05, 0) is 67.8 Å². The molecule has 0 saturated carbocycles. The molecule has 2 aromatic carbocycles. The summed E-state index contributed by atoms with van der Waals surface area (Å²) < 4.78 is 11.0. The van der Waals surface area contributed by atoms with E-state index in [4.69, 9.17) is 9.47 Å². The minimum atomic E-state index is -0.540. The summed E-state index contributed by atoms with van der Waals surface area (Å²) in [5, 5.41) is 2.95. The third-order valence-corrected chi connectivity index (χ3v) is 4.61. The Morgan fingerprint density at radius 2 is 1.65 bits per heavy atom. The summed E-state index contributed by atoms with van der Waals surface area (Å²) in [6.07, 6.45) is 2.55. The topological polar surface area (TPSA) is 50.8 Å². The minimum absolute atomic E-state index is 0.141. The van der Waals surface area contributed by atoms with Crippen molar-refractivity contribution in [2.75, 3.05) is 30.4 Å². The normalized spacial score (nSPS) is 14.8. The van der Waals surface area contributed by atoms with E-state index in [9.17, 15) is 4.79 Å². The van der Waals surface area contributed by atoms with E-state index in [0.29, 0.717) is 12.2 Å². The zero-order valence-corrected chi connectivity index (χ0v) is 15.4. The van der Waals surface area contributed by atoms with Gasteiger partial charge in [0.15, 0.2) is 6.10 Å². The van der Waals surface area contributed by atoms with Crippen molar-refractivity contribution >= 4 is 17.3 Å². The van der Waals surface area contributed by atoms with Crippen LogP contribution in [0.5, 0.6) is 11.5 Å². The number of benzene rings is 2. The van der Waals surface area contributed by atoms with Gasteiger partial charge >= 0.3 is 0 Å². The van der Waals surface area contributed by atoms with Crippen LogP contribution in [0.25, 0.3) is 0 Å². The van der Waals surface area contributed by atoms with E-state index in [1.807, 2.05) is 31.2 Å². The smallest absolute Gasteiger partial charge is 0.265 e. The molecule has 3 rings (SSSR count). The van der Waals surface area contributed by atoms with Crippen molar-refractivity contribution < 1.29 is 14.3 Å². The summed E-state index contributed by atoms with van der Waals surface area (Å²) in [7, 11) is 1.62. The highest BCUT2D eigenvalue weighted by Gasteiger charge is 2.19. The molecular weight excluding hydrogens is 328 g/mol. The quantitative estimate of drug-likeness (QED) is 0.814. The van der Waals surface area contributed by atoms with Crippen molar-refractivity contribution in [2.45, 2.75) is 32.3 Å². The number of amides is 1. The number of nitrogens with one attached hydrogen (secondary N) is 1. The molecule has 0 aromatic heterocycles. The highest BCUT2D eigenvalue weighted by molar-refractivity contribution is 5.94. The molecule has 2 aromatic rings. The number of anilines is 2. The molecule has 138 valence electrons. The molecular formula is C21H26N2O3. The maximum absolute atomic E-state index is 12.5. The molecule has 0 aliphatic carbocycles. The first kappa shape index (κ1) is 18.1. The third kappa shape index (κ3) is 4.48. The van der Waals surface area contributed by atoms with Gasteiger partial charge < -0.3 is 19.7 Å². The molecule has 1 aliphatic heterocycles. The van der Waals surface area contributed by atoms with E-state index >= 15 is 0 Å². The van der Waals surface area contributed by atoms with E-state index in [1.54, 1.807) is 19.2 Å². The molecule has 1 amide bonds. The molecule has 0 spiro atoms. The van der Waals surface area contributed by atoms with Gasteiger partial charge in [-0.1, -0.05) is 6.92 Å². The van der Waals surface area contributed by atoms with Gasteiger partial charge in [-0.2, -0.15) is 0 Å². The van der Waals surface area contributed by atoms with Crippen molar-refractivity contribution in [1.82, 2.24) is 0 Å². The van der Waals surface area contributed by atoms with Crippen LogP contribution < -0.4 is 19.7 Å². The lowest BCUT2D eigenvalue weighted by molar-refractivity contribution is -0.122. The molecule has 1 atom stereocenters. The maximum atomic E-state index is 12.5. The Labute approximate surface area is 154 Å². The van der Waals surface area contributed by atoms with Gasteiger partial charge in [0, 0.05) is 24.5 Å². The molecule has 0 radical (unpaired) electrons. The fourth-order valence-electron chi connectivity index (χ4n) is 3.09. The number of rotatable bonds is 7. The molecule has 5 nitrogen and oxygen atoms in total. The van der Waals surface area contributed by atoms with Crippen LogP contribution in [0.4, 0.5) is 11.4 Å². The molecule has 1 fully saturated rings. The minimum Gasteiger partial charge on any atom is -0.497 e. The number of hydrogen-bond donors (Lipinski definition) is 1. The predicted octanol–water partition coefficient (Wildman–Crippen LogP) is 4.09. The van der Waals surface area contributed by atoms with E-state index in [2.05, 4.69) is 22.3 Å². The largest absolute Gasteiger partial charge is 0.497 e. The van der Waals surface area contributed by atoms with Gasteiger partial charge in [-0.3, -0.25) is 4.79 Å². The van der Waals surface area contributed by atoms with Gasteiger partial charge in [-0.15, -0.1) is 0 Å². The number of hydrogen-bond acceptors (Lipinski definition) is 4. The van der Waals surface area contributed by atoms with Crippen molar-refractivity contribution in [2.24, 2.45) is 0 Å². The molecule has 1 saturated heterocycles. The van der Waals surface area contributed by atoms with Crippen LogP contribution in [0.2, 0.25) is 0 Å². The fourth-order valence-corrected chi connectivity index (χ4v) is 3.09.